The van der Waals surface area contributed by atoms with Crippen LogP contribution in [0.25, 0.3) is 16.7 Å². The van der Waals surface area contributed by atoms with Gasteiger partial charge < -0.3 is 9.32 Å². The van der Waals surface area contributed by atoms with E-state index in [0.717, 1.165) is 23.7 Å². The second-order valence-electron chi connectivity index (χ2n) is 7.32. The molecule has 2 aromatic carbocycles. The summed E-state index contributed by atoms with van der Waals surface area (Å²) in [6.07, 6.45) is 0. The van der Waals surface area contributed by atoms with Crippen LogP contribution in [-0.2, 0) is 0 Å². The van der Waals surface area contributed by atoms with Crippen LogP contribution in [0.1, 0.15) is 40.1 Å². The van der Waals surface area contributed by atoms with Crippen molar-refractivity contribution in [3.8, 4) is 12.1 Å². The van der Waals surface area contributed by atoms with Crippen LogP contribution in [0.3, 0.4) is 0 Å². The summed E-state index contributed by atoms with van der Waals surface area (Å²) in [5.74, 6) is -1.32. The molecule has 0 saturated carbocycles. The third-order valence-electron chi connectivity index (χ3n) is 5.62. The zero-order chi connectivity index (χ0) is 23.7. The maximum Gasteiger partial charge on any atom is 0.266 e. The highest BCUT2D eigenvalue weighted by Crippen LogP contribution is 2.33. The van der Waals surface area contributed by atoms with Crippen molar-refractivity contribution in [2.24, 2.45) is 0 Å². The second kappa shape index (κ2) is 8.45. The highest BCUT2D eigenvalue weighted by molar-refractivity contribution is 6.25. The summed E-state index contributed by atoms with van der Waals surface area (Å²) in [6, 6.07) is 16.8. The average molecular weight is 437 g/mol. The molecule has 0 bridgehead atoms. The summed E-state index contributed by atoms with van der Waals surface area (Å²) in [4.78, 5) is 29.1. The number of benzene rings is 2. The minimum atomic E-state index is -0.662. The topological polar surface area (TPSA) is 125 Å². The lowest BCUT2D eigenvalue weighted by atomic mass is 10.1. The van der Waals surface area contributed by atoms with Crippen LogP contribution in [-0.4, -0.2) is 29.8 Å². The third kappa shape index (κ3) is 3.44. The van der Waals surface area contributed by atoms with Gasteiger partial charge in [0.1, 0.15) is 17.7 Å². The number of anilines is 1. The quantitative estimate of drug-likeness (QED) is 0.478. The number of allylic oxidation sites excluding steroid dienone is 1. The fourth-order valence-corrected chi connectivity index (χ4v) is 3.97. The predicted octanol–water partition coefficient (Wildman–Crippen LogP) is 3.81. The molecule has 0 atom stereocenters. The number of rotatable bonds is 5. The van der Waals surface area contributed by atoms with E-state index in [4.69, 9.17) is 9.83 Å². The van der Waals surface area contributed by atoms with Gasteiger partial charge in [-0.05, 0) is 44.2 Å². The molecule has 2 heterocycles. The number of fused-ring (bicyclic) bond motifs is 2. The van der Waals surface area contributed by atoms with Gasteiger partial charge in [0, 0.05) is 30.2 Å². The molecule has 1 aliphatic heterocycles. The summed E-state index contributed by atoms with van der Waals surface area (Å²) >= 11 is 0. The van der Waals surface area contributed by atoms with Crippen LogP contribution in [0.5, 0.6) is 0 Å². The maximum absolute atomic E-state index is 13.1. The van der Waals surface area contributed by atoms with Crippen molar-refractivity contribution in [1.29, 1.82) is 15.9 Å². The summed E-state index contributed by atoms with van der Waals surface area (Å²) in [6.45, 7) is 5.67. The van der Waals surface area contributed by atoms with Gasteiger partial charge in [-0.2, -0.15) is 10.5 Å². The Hall–Kier alpha value is -4.69. The van der Waals surface area contributed by atoms with Gasteiger partial charge in [-0.1, -0.05) is 12.1 Å². The fourth-order valence-electron chi connectivity index (χ4n) is 3.97. The van der Waals surface area contributed by atoms with Crippen LogP contribution < -0.4 is 10.5 Å². The van der Waals surface area contributed by atoms with E-state index in [9.17, 15) is 20.1 Å². The van der Waals surface area contributed by atoms with E-state index in [1.54, 1.807) is 36.4 Å². The van der Waals surface area contributed by atoms with Crippen molar-refractivity contribution in [2.45, 2.75) is 13.8 Å². The highest BCUT2D eigenvalue weighted by Gasteiger charge is 2.40. The molecule has 0 aliphatic carbocycles. The predicted molar refractivity (Wildman–Crippen MR) is 121 cm³/mol. The zero-order valence-electron chi connectivity index (χ0n) is 18.0. The molecule has 8 heteroatoms. The molecule has 2 amide bonds. The van der Waals surface area contributed by atoms with Crippen molar-refractivity contribution in [3.05, 3.63) is 76.3 Å². The van der Waals surface area contributed by atoms with Crippen molar-refractivity contribution >= 4 is 34.2 Å². The van der Waals surface area contributed by atoms with E-state index < -0.39 is 17.4 Å². The largest absolute Gasteiger partial charge is 0.438 e. The summed E-state index contributed by atoms with van der Waals surface area (Å²) in [5.41, 5.74) is 0.618. The molecule has 0 saturated heterocycles. The van der Waals surface area contributed by atoms with Crippen LogP contribution >= 0.6 is 0 Å². The molecule has 0 spiro atoms. The standard InChI is InChI=1S/C25H19N5O3/c1-3-29(4-2)17-10-9-15-11-20(23(28)33-21(15)12-17)22(16(13-26)14-27)30-24(31)18-7-5-6-8-19(18)25(30)32/h5-12,28H,3-4H2,1-2H3. The number of nitriles is 2. The van der Waals surface area contributed by atoms with Crippen molar-refractivity contribution in [2.75, 3.05) is 18.0 Å². The second-order valence-corrected chi connectivity index (χ2v) is 7.32. The van der Waals surface area contributed by atoms with Gasteiger partial charge in [0.2, 0.25) is 5.55 Å². The van der Waals surface area contributed by atoms with E-state index in [1.807, 2.05) is 26.0 Å². The molecular weight excluding hydrogens is 418 g/mol. The fraction of sp³-hybridized carbons (Fsp3) is 0.160. The number of hydrogen-bond acceptors (Lipinski definition) is 7. The lowest BCUT2D eigenvalue weighted by Gasteiger charge is -2.21. The van der Waals surface area contributed by atoms with E-state index in [2.05, 4.69) is 4.90 Å². The maximum atomic E-state index is 13.1. The van der Waals surface area contributed by atoms with Crippen molar-refractivity contribution in [3.63, 3.8) is 0 Å². The van der Waals surface area contributed by atoms with Gasteiger partial charge in [-0.3, -0.25) is 15.0 Å². The Morgan fingerprint density at radius 2 is 1.61 bits per heavy atom. The molecule has 0 fully saturated rings. The van der Waals surface area contributed by atoms with Gasteiger partial charge in [-0.25, -0.2) is 4.90 Å². The molecule has 4 rings (SSSR count). The molecule has 8 nitrogen and oxygen atoms in total. The highest BCUT2D eigenvalue weighted by atomic mass is 16.3. The Bertz CT molecular complexity index is 1430. The summed E-state index contributed by atoms with van der Waals surface area (Å²) in [5, 5.41) is 28.2. The molecule has 3 aromatic rings. The first-order valence-corrected chi connectivity index (χ1v) is 10.3. The van der Waals surface area contributed by atoms with E-state index >= 15 is 0 Å². The van der Waals surface area contributed by atoms with Gasteiger partial charge in [0.05, 0.1) is 22.4 Å². The summed E-state index contributed by atoms with van der Waals surface area (Å²) < 4.78 is 5.74. The number of carbonyl (C=O) groups excluding carboxylic acids is 2. The third-order valence-corrected chi connectivity index (χ3v) is 5.62. The first-order chi connectivity index (χ1) is 15.9. The summed E-state index contributed by atoms with van der Waals surface area (Å²) in [7, 11) is 0. The normalized spacial score (nSPS) is 12.3. The SMILES string of the molecule is CCN(CC)c1ccc2cc(C(=C(C#N)C#N)N3C(=O)c4ccccc4C3=O)c(=N)oc2c1. The first kappa shape index (κ1) is 21.5. The van der Waals surface area contributed by atoms with Crippen LogP contribution in [0.4, 0.5) is 5.69 Å². The van der Waals surface area contributed by atoms with Crippen molar-refractivity contribution in [1.82, 2.24) is 4.90 Å². The lowest BCUT2D eigenvalue weighted by Crippen LogP contribution is -2.31. The van der Waals surface area contributed by atoms with E-state index in [0.29, 0.717) is 11.0 Å². The molecule has 162 valence electrons. The molecular formula is C25H19N5O3. The lowest BCUT2D eigenvalue weighted by molar-refractivity contribution is 0.0735. The number of nitrogens with one attached hydrogen (secondary N) is 1. The average Bonchev–Trinajstić information content (AvgIpc) is 3.08. The molecule has 0 unspecified atom stereocenters. The Kier molecular flexibility index (Phi) is 5.51. The number of hydrogen-bond donors (Lipinski definition) is 1. The Morgan fingerprint density at radius 3 is 2.15 bits per heavy atom. The van der Waals surface area contributed by atoms with Gasteiger partial charge >= 0.3 is 0 Å². The first-order valence-electron chi connectivity index (χ1n) is 10.3. The van der Waals surface area contributed by atoms with E-state index in [-0.39, 0.29) is 27.9 Å². The van der Waals surface area contributed by atoms with Gasteiger partial charge in [-0.15, -0.1) is 0 Å². The van der Waals surface area contributed by atoms with Gasteiger partial charge in [0.25, 0.3) is 11.8 Å². The minimum Gasteiger partial charge on any atom is -0.438 e. The number of carbonyl (C=O) groups is 2. The van der Waals surface area contributed by atoms with Crippen LogP contribution in [0, 0.1) is 28.1 Å². The Labute approximate surface area is 189 Å². The molecule has 0 radical (unpaired) electrons. The van der Waals surface area contributed by atoms with Gasteiger partial charge in [0.15, 0.2) is 5.57 Å². The monoisotopic (exact) mass is 437 g/mol. The minimum absolute atomic E-state index is 0.00527. The number of amides is 2. The number of nitrogens with zero attached hydrogens (tertiary/aromatic N) is 4. The van der Waals surface area contributed by atoms with Crippen LogP contribution in [0.15, 0.2) is 58.5 Å². The van der Waals surface area contributed by atoms with E-state index in [1.165, 1.54) is 12.1 Å². The molecule has 1 aliphatic rings. The molecule has 33 heavy (non-hydrogen) atoms. The Balaban J connectivity index is 1.93. The Morgan fingerprint density at radius 1 is 1.00 bits per heavy atom. The molecule has 1 N–H and O–H groups in total. The smallest absolute Gasteiger partial charge is 0.266 e. The zero-order valence-corrected chi connectivity index (χ0v) is 18.0. The molecule has 1 aromatic heterocycles. The number of imide groups is 1. The van der Waals surface area contributed by atoms with Crippen LogP contribution in [0.2, 0.25) is 0 Å². The van der Waals surface area contributed by atoms with Crippen molar-refractivity contribution < 1.29 is 14.0 Å².